The Labute approximate surface area is 74.2 Å². The maximum absolute atomic E-state index is 5.89. The van der Waals surface area contributed by atoms with Gasteiger partial charge in [0.1, 0.15) is 0 Å². The second-order valence-corrected chi connectivity index (χ2v) is 4.04. The van der Waals surface area contributed by atoms with Gasteiger partial charge in [0, 0.05) is 12.8 Å². The molecule has 2 fully saturated rings. The lowest BCUT2D eigenvalue weighted by Crippen LogP contribution is -2.44. The lowest BCUT2D eigenvalue weighted by molar-refractivity contribution is -0.291. The predicted molar refractivity (Wildman–Crippen MR) is 46.9 cm³/mol. The number of hydrogen-bond donors (Lipinski definition) is 0. The molecule has 0 aromatic rings. The second-order valence-electron chi connectivity index (χ2n) is 4.04. The van der Waals surface area contributed by atoms with Gasteiger partial charge in [-0.3, -0.25) is 0 Å². The fourth-order valence-electron chi connectivity index (χ4n) is 2.26. The van der Waals surface area contributed by atoms with E-state index in [-0.39, 0.29) is 5.79 Å². The van der Waals surface area contributed by atoms with E-state index in [9.17, 15) is 0 Å². The van der Waals surface area contributed by atoms with Gasteiger partial charge in [0.25, 0.3) is 0 Å². The summed E-state index contributed by atoms with van der Waals surface area (Å²) in [5.74, 6) is -0.171. The van der Waals surface area contributed by atoms with Crippen LogP contribution >= 0.6 is 0 Å². The Morgan fingerprint density at radius 2 is 2.00 bits per heavy atom. The van der Waals surface area contributed by atoms with E-state index in [1.807, 2.05) is 0 Å². The van der Waals surface area contributed by atoms with Crippen molar-refractivity contribution in [3.8, 4) is 0 Å². The van der Waals surface area contributed by atoms with E-state index in [1.54, 1.807) is 0 Å². The van der Waals surface area contributed by atoms with E-state index in [1.165, 1.54) is 25.7 Å². The molecule has 0 N–H and O–H groups in total. The van der Waals surface area contributed by atoms with Crippen LogP contribution in [0.25, 0.3) is 0 Å². The van der Waals surface area contributed by atoms with E-state index in [2.05, 4.69) is 6.92 Å². The van der Waals surface area contributed by atoms with Crippen molar-refractivity contribution in [2.75, 3.05) is 6.61 Å². The van der Waals surface area contributed by atoms with Crippen LogP contribution in [0.5, 0.6) is 0 Å². The van der Waals surface area contributed by atoms with Crippen molar-refractivity contribution in [1.29, 1.82) is 0 Å². The van der Waals surface area contributed by atoms with Crippen molar-refractivity contribution >= 4 is 0 Å². The second kappa shape index (κ2) is 3.35. The maximum atomic E-state index is 5.89. The summed E-state index contributed by atoms with van der Waals surface area (Å²) < 4.78 is 11.6. The van der Waals surface area contributed by atoms with Crippen molar-refractivity contribution in [3.63, 3.8) is 0 Å². The Balaban J connectivity index is 1.97. The van der Waals surface area contributed by atoms with Crippen LogP contribution in [0.2, 0.25) is 0 Å². The van der Waals surface area contributed by atoms with Gasteiger partial charge in [0.05, 0.1) is 12.7 Å². The Bertz CT molecular complexity index is 144. The first-order valence-electron chi connectivity index (χ1n) is 5.13. The van der Waals surface area contributed by atoms with Gasteiger partial charge in [-0.05, 0) is 32.6 Å². The molecule has 2 unspecified atom stereocenters. The van der Waals surface area contributed by atoms with E-state index in [0.29, 0.717) is 6.10 Å². The zero-order chi connectivity index (χ0) is 8.44. The highest BCUT2D eigenvalue weighted by Crippen LogP contribution is 2.36. The molecule has 12 heavy (non-hydrogen) atoms. The highest BCUT2D eigenvalue weighted by atomic mass is 16.7. The lowest BCUT2D eigenvalue weighted by atomic mass is 9.95. The molecule has 2 aliphatic heterocycles. The van der Waals surface area contributed by atoms with Crippen molar-refractivity contribution in [1.82, 2.24) is 0 Å². The SMILES string of the molecule is CC1CCCC2(CCCCO2)O1. The number of ether oxygens (including phenoxy) is 2. The highest BCUT2D eigenvalue weighted by Gasteiger charge is 2.38. The van der Waals surface area contributed by atoms with Gasteiger partial charge < -0.3 is 9.47 Å². The van der Waals surface area contributed by atoms with Gasteiger partial charge >= 0.3 is 0 Å². The first kappa shape index (κ1) is 8.52. The summed E-state index contributed by atoms with van der Waals surface area (Å²) in [5.41, 5.74) is 0. The van der Waals surface area contributed by atoms with Gasteiger partial charge in [-0.1, -0.05) is 0 Å². The van der Waals surface area contributed by atoms with Gasteiger partial charge in [0.15, 0.2) is 5.79 Å². The van der Waals surface area contributed by atoms with Crippen LogP contribution < -0.4 is 0 Å². The van der Waals surface area contributed by atoms with Gasteiger partial charge in [-0.25, -0.2) is 0 Å². The minimum atomic E-state index is -0.171. The van der Waals surface area contributed by atoms with E-state index in [4.69, 9.17) is 9.47 Å². The molecule has 1 spiro atoms. The molecular weight excluding hydrogens is 152 g/mol. The molecule has 0 aromatic carbocycles. The molecule has 0 aromatic heterocycles. The predicted octanol–water partition coefficient (Wildman–Crippen LogP) is 2.47. The molecular formula is C10H18O2. The zero-order valence-corrected chi connectivity index (χ0v) is 7.84. The molecule has 0 bridgehead atoms. The Morgan fingerprint density at radius 3 is 2.67 bits per heavy atom. The fourth-order valence-corrected chi connectivity index (χ4v) is 2.26. The van der Waals surface area contributed by atoms with Crippen molar-refractivity contribution in [2.24, 2.45) is 0 Å². The summed E-state index contributed by atoms with van der Waals surface area (Å²) >= 11 is 0. The molecule has 2 atom stereocenters. The van der Waals surface area contributed by atoms with Crippen LogP contribution in [0.3, 0.4) is 0 Å². The molecule has 2 rings (SSSR count). The standard InChI is InChI=1S/C10H18O2/c1-9-5-4-7-10(12-9)6-2-3-8-11-10/h9H,2-8H2,1H3. The van der Waals surface area contributed by atoms with Crippen molar-refractivity contribution < 1.29 is 9.47 Å². The average Bonchev–Trinajstić information content (AvgIpc) is 2.05. The van der Waals surface area contributed by atoms with Crippen LogP contribution in [0.15, 0.2) is 0 Å². The summed E-state index contributed by atoms with van der Waals surface area (Å²) in [4.78, 5) is 0. The van der Waals surface area contributed by atoms with Gasteiger partial charge in [-0.15, -0.1) is 0 Å². The topological polar surface area (TPSA) is 18.5 Å². The van der Waals surface area contributed by atoms with Crippen LogP contribution in [-0.4, -0.2) is 18.5 Å². The highest BCUT2D eigenvalue weighted by molar-refractivity contribution is 4.79. The van der Waals surface area contributed by atoms with Crippen LogP contribution in [-0.2, 0) is 9.47 Å². The third kappa shape index (κ3) is 1.64. The third-order valence-corrected chi connectivity index (χ3v) is 2.90. The van der Waals surface area contributed by atoms with E-state index in [0.717, 1.165) is 19.4 Å². The molecule has 2 heteroatoms. The van der Waals surface area contributed by atoms with E-state index < -0.39 is 0 Å². The summed E-state index contributed by atoms with van der Waals surface area (Å²) in [6, 6.07) is 0. The zero-order valence-electron chi connectivity index (χ0n) is 7.84. The van der Waals surface area contributed by atoms with Crippen LogP contribution in [0, 0.1) is 0 Å². The smallest absolute Gasteiger partial charge is 0.168 e. The number of hydrogen-bond acceptors (Lipinski definition) is 2. The average molecular weight is 170 g/mol. The third-order valence-electron chi connectivity index (χ3n) is 2.90. The molecule has 2 aliphatic rings. The molecule has 70 valence electrons. The minimum Gasteiger partial charge on any atom is -0.350 e. The minimum absolute atomic E-state index is 0.171. The van der Waals surface area contributed by atoms with Gasteiger partial charge in [0.2, 0.25) is 0 Å². The normalized spacial score (nSPS) is 43.2. The number of rotatable bonds is 0. The summed E-state index contributed by atoms with van der Waals surface area (Å²) in [5, 5.41) is 0. The maximum Gasteiger partial charge on any atom is 0.168 e. The summed E-state index contributed by atoms with van der Waals surface area (Å²) in [6.45, 7) is 3.05. The fraction of sp³-hybridized carbons (Fsp3) is 1.00. The molecule has 2 nitrogen and oxygen atoms in total. The summed E-state index contributed by atoms with van der Waals surface area (Å²) in [7, 11) is 0. The molecule has 2 saturated heterocycles. The monoisotopic (exact) mass is 170 g/mol. The Hall–Kier alpha value is -0.0800. The van der Waals surface area contributed by atoms with Crippen molar-refractivity contribution in [2.45, 2.75) is 57.3 Å². The first-order valence-corrected chi connectivity index (χ1v) is 5.13. The molecule has 0 amide bonds. The molecule has 0 radical (unpaired) electrons. The molecule has 0 saturated carbocycles. The summed E-state index contributed by atoms with van der Waals surface area (Å²) in [6.07, 6.45) is 7.56. The molecule has 2 heterocycles. The van der Waals surface area contributed by atoms with Crippen molar-refractivity contribution in [3.05, 3.63) is 0 Å². The Kier molecular flexibility index (Phi) is 2.37. The van der Waals surface area contributed by atoms with E-state index >= 15 is 0 Å². The lowest BCUT2D eigenvalue weighted by Gasteiger charge is -2.42. The molecule has 0 aliphatic carbocycles. The first-order chi connectivity index (χ1) is 5.81. The van der Waals surface area contributed by atoms with Crippen LogP contribution in [0.4, 0.5) is 0 Å². The van der Waals surface area contributed by atoms with Crippen LogP contribution in [0.1, 0.15) is 45.4 Å². The quantitative estimate of drug-likeness (QED) is 0.556. The Morgan fingerprint density at radius 1 is 1.17 bits per heavy atom. The largest absolute Gasteiger partial charge is 0.350 e. The van der Waals surface area contributed by atoms with Gasteiger partial charge in [-0.2, -0.15) is 0 Å².